The van der Waals surface area contributed by atoms with E-state index in [0.29, 0.717) is 24.7 Å². The maximum atomic E-state index is 12.3. The quantitative estimate of drug-likeness (QED) is 0.803. The topological polar surface area (TPSA) is 57.3 Å². The smallest absolute Gasteiger partial charge is 0.252 e. The summed E-state index contributed by atoms with van der Waals surface area (Å²) in [6, 6.07) is 14.4. The summed E-state index contributed by atoms with van der Waals surface area (Å²) >= 11 is 0. The predicted octanol–water partition coefficient (Wildman–Crippen LogP) is 3.30. The number of hydrogen-bond acceptors (Lipinski definition) is 4. The zero-order valence-electron chi connectivity index (χ0n) is 15.4. The molecule has 1 aliphatic rings. The van der Waals surface area contributed by atoms with E-state index in [1.165, 1.54) is 31.4 Å². The first-order valence-electron chi connectivity index (χ1n) is 9.44. The Kier molecular flexibility index (Phi) is 6.61. The number of hydrogen-bond donors (Lipinski definition) is 2. The zero-order chi connectivity index (χ0) is 18.2. The SMILES string of the molecule is CN1CCCC[C@H]1CCNC(=O)c1ccc(NCc2ccccc2)nc1. The van der Waals surface area contributed by atoms with Crippen molar-refractivity contribution in [2.45, 2.75) is 38.3 Å². The molecular weight excluding hydrogens is 324 g/mol. The van der Waals surface area contributed by atoms with Crippen LogP contribution in [0.25, 0.3) is 0 Å². The fourth-order valence-electron chi connectivity index (χ4n) is 3.38. The molecule has 1 amide bonds. The van der Waals surface area contributed by atoms with Gasteiger partial charge in [-0.2, -0.15) is 0 Å². The number of carbonyl (C=O) groups excluding carboxylic acids is 1. The molecule has 2 N–H and O–H groups in total. The van der Waals surface area contributed by atoms with Gasteiger partial charge in [-0.3, -0.25) is 4.79 Å². The molecule has 0 aliphatic carbocycles. The Labute approximate surface area is 155 Å². The van der Waals surface area contributed by atoms with E-state index in [1.54, 1.807) is 6.20 Å². The molecule has 2 heterocycles. The van der Waals surface area contributed by atoms with Gasteiger partial charge in [0.2, 0.25) is 0 Å². The first kappa shape index (κ1) is 18.4. The van der Waals surface area contributed by atoms with Crippen molar-refractivity contribution in [2.24, 2.45) is 0 Å². The molecule has 1 aliphatic heterocycles. The van der Waals surface area contributed by atoms with Crippen LogP contribution in [0.15, 0.2) is 48.7 Å². The summed E-state index contributed by atoms with van der Waals surface area (Å²) in [5.41, 5.74) is 1.80. The van der Waals surface area contributed by atoms with Crippen LogP contribution in [0.1, 0.15) is 41.6 Å². The van der Waals surface area contributed by atoms with Crippen molar-refractivity contribution in [3.8, 4) is 0 Å². The van der Waals surface area contributed by atoms with E-state index in [-0.39, 0.29) is 5.91 Å². The number of rotatable bonds is 7. The molecule has 0 spiro atoms. The van der Waals surface area contributed by atoms with E-state index < -0.39 is 0 Å². The Balaban J connectivity index is 1.43. The van der Waals surface area contributed by atoms with E-state index in [1.807, 2.05) is 30.3 Å². The second-order valence-corrected chi connectivity index (χ2v) is 6.95. The molecule has 3 rings (SSSR count). The first-order valence-corrected chi connectivity index (χ1v) is 9.44. The number of benzene rings is 1. The van der Waals surface area contributed by atoms with Crippen LogP contribution in [0.2, 0.25) is 0 Å². The molecule has 1 aromatic carbocycles. The van der Waals surface area contributed by atoms with Crippen molar-refractivity contribution in [3.63, 3.8) is 0 Å². The first-order chi connectivity index (χ1) is 12.7. The third kappa shape index (κ3) is 5.30. The summed E-state index contributed by atoms with van der Waals surface area (Å²) in [6.45, 7) is 2.59. The summed E-state index contributed by atoms with van der Waals surface area (Å²) in [4.78, 5) is 19.0. The maximum absolute atomic E-state index is 12.3. The van der Waals surface area contributed by atoms with Gasteiger partial charge in [0, 0.05) is 25.3 Å². The summed E-state index contributed by atoms with van der Waals surface area (Å²) in [7, 11) is 2.18. The van der Waals surface area contributed by atoms with Crippen LogP contribution in [-0.4, -0.2) is 42.0 Å². The summed E-state index contributed by atoms with van der Waals surface area (Å²) in [5.74, 6) is 0.722. The van der Waals surface area contributed by atoms with E-state index in [2.05, 4.69) is 39.7 Å². The van der Waals surface area contributed by atoms with Crippen LogP contribution >= 0.6 is 0 Å². The number of amides is 1. The van der Waals surface area contributed by atoms with Crippen LogP contribution in [-0.2, 0) is 6.54 Å². The van der Waals surface area contributed by atoms with Gasteiger partial charge >= 0.3 is 0 Å². The van der Waals surface area contributed by atoms with Gasteiger partial charge in [-0.25, -0.2) is 4.98 Å². The normalized spacial score (nSPS) is 17.7. The molecule has 0 saturated carbocycles. The highest BCUT2D eigenvalue weighted by Crippen LogP contribution is 2.17. The van der Waals surface area contributed by atoms with E-state index in [4.69, 9.17) is 0 Å². The van der Waals surface area contributed by atoms with Gasteiger partial charge in [-0.1, -0.05) is 36.8 Å². The molecule has 5 nitrogen and oxygen atoms in total. The zero-order valence-corrected chi connectivity index (χ0v) is 15.4. The summed E-state index contributed by atoms with van der Waals surface area (Å²) in [6.07, 6.45) is 6.46. The van der Waals surface area contributed by atoms with E-state index in [9.17, 15) is 4.79 Å². The van der Waals surface area contributed by atoms with Crippen LogP contribution < -0.4 is 10.6 Å². The van der Waals surface area contributed by atoms with E-state index >= 15 is 0 Å². The molecule has 138 valence electrons. The fourth-order valence-corrected chi connectivity index (χ4v) is 3.38. The number of nitrogens with zero attached hydrogens (tertiary/aromatic N) is 2. The predicted molar refractivity (Wildman–Crippen MR) is 105 cm³/mol. The minimum atomic E-state index is -0.0504. The van der Waals surface area contributed by atoms with Gasteiger partial charge in [-0.15, -0.1) is 0 Å². The average Bonchev–Trinajstić information content (AvgIpc) is 2.69. The minimum absolute atomic E-state index is 0.0504. The number of piperidine rings is 1. The molecule has 0 radical (unpaired) electrons. The Bertz CT molecular complexity index is 687. The maximum Gasteiger partial charge on any atom is 0.252 e. The highest BCUT2D eigenvalue weighted by Gasteiger charge is 2.18. The van der Waals surface area contributed by atoms with Gasteiger partial charge < -0.3 is 15.5 Å². The van der Waals surface area contributed by atoms with Crippen molar-refractivity contribution < 1.29 is 4.79 Å². The van der Waals surface area contributed by atoms with Crippen molar-refractivity contribution in [3.05, 3.63) is 59.8 Å². The van der Waals surface area contributed by atoms with Gasteiger partial charge in [0.05, 0.1) is 5.56 Å². The molecule has 26 heavy (non-hydrogen) atoms. The van der Waals surface area contributed by atoms with Crippen LogP contribution in [0, 0.1) is 0 Å². The molecule has 2 aromatic rings. The number of carbonyl (C=O) groups is 1. The lowest BCUT2D eigenvalue weighted by atomic mass is 10.0. The van der Waals surface area contributed by atoms with Gasteiger partial charge in [0.15, 0.2) is 0 Å². The van der Waals surface area contributed by atoms with Crippen molar-refractivity contribution in [1.29, 1.82) is 0 Å². The molecule has 5 heteroatoms. The van der Waals surface area contributed by atoms with Crippen molar-refractivity contribution >= 4 is 11.7 Å². The molecule has 1 aromatic heterocycles. The van der Waals surface area contributed by atoms with Gasteiger partial charge in [0.1, 0.15) is 5.82 Å². The Morgan fingerprint density at radius 2 is 2.04 bits per heavy atom. The third-order valence-corrected chi connectivity index (χ3v) is 5.03. The van der Waals surface area contributed by atoms with Crippen LogP contribution in [0.5, 0.6) is 0 Å². The third-order valence-electron chi connectivity index (χ3n) is 5.03. The van der Waals surface area contributed by atoms with Crippen LogP contribution in [0.4, 0.5) is 5.82 Å². The lowest BCUT2D eigenvalue weighted by Gasteiger charge is -2.32. The second-order valence-electron chi connectivity index (χ2n) is 6.95. The molecule has 0 bridgehead atoms. The second kappa shape index (κ2) is 9.34. The molecule has 1 saturated heterocycles. The number of anilines is 1. The van der Waals surface area contributed by atoms with Crippen molar-refractivity contribution in [1.82, 2.24) is 15.2 Å². The Morgan fingerprint density at radius 1 is 1.19 bits per heavy atom. The molecule has 1 fully saturated rings. The monoisotopic (exact) mass is 352 g/mol. The largest absolute Gasteiger partial charge is 0.366 e. The Morgan fingerprint density at radius 3 is 2.77 bits per heavy atom. The molecule has 0 unspecified atom stereocenters. The average molecular weight is 352 g/mol. The molecular formula is C21H28N4O. The fraction of sp³-hybridized carbons (Fsp3) is 0.429. The number of nitrogens with one attached hydrogen (secondary N) is 2. The highest BCUT2D eigenvalue weighted by molar-refractivity contribution is 5.94. The lowest BCUT2D eigenvalue weighted by Crippen LogP contribution is -2.39. The number of aromatic nitrogens is 1. The lowest BCUT2D eigenvalue weighted by molar-refractivity contribution is 0.0945. The summed E-state index contributed by atoms with van der Waals surface area (Å²) < 4.78 is 0. The van der Waals surface area contributed by atoms with Crippen molar-refractivity contribution in [2.75, 3.05) is 25.5 Å². The highest BCUT2D eigenvalue weighted by atomic mass is 16.1. The standard InChI is InChI=1S/C21H28N4O/c1-25-14-6-5-9-19(25)12-13-22-21(26)18-10-11-20(24-16-18)23-15-17-7-3-2-4-8-17/h2-4,7-8,10-11,16,19H,5-6,9,12-15H2,1H3,(H,22,26)(H,23,24)/t19-/m0/s1. The molecule has 1 atom stereocenters. The van der Waals surface area contributed by atoms with E-state index in [0.717, 1.165) is 12.2 Å². The van der Waals surface area contributed by atoms with Gasteiger partial charge in [-0.05, 0) is 50.6 Å². The Hall–Kier alpha value is -2.40. The summed E-state index contributed by atoms with van der Waals surface area (Å²) in [5, 5.41) is 6.29. The number of likely N-dealkylation sites (tertiary alicyclic amines) is 1. The van der Waals surface area contributed by atoms with Crippen LogP contribution in [0.3, 0.4) is 0 Å². The number of pyridine rings is 1. The van der Waals surface area contributed by atoms with Gasteiger partial charge in [0.25, 0.3) is 5.91 Å². The minimum Gasteiger partial charge on any atom is -0.366 e.